The molecule has 0 unspecified atom stereocenters. The molecule has 0 bridgehead atoms. The number of guanidine groups is 1. The van der Waals surface area contributed by atoms with Crippen LogP contribution in [0.2, 0.25) is 0 Å². The van der Waals surface area contributed by atoms with Gasteiger partial charge in [0.1, 0.15) is 0 Å². The zero-order valence-electron chi connectivity index (χ0n) is 13.6. The highest BCUT2D eigenvalue weighted by Gasteiger charge is 2.14. The van der Waals surface area contributed by atoms with E-state index in [1.165, 1.54) is 19.3 Å². The maximum Gasteiger partial charge on any atom is 0.193 e. The number of likely N-dealkylation sites (tertiary alicyclic amines) is 1. The Kier molecular flexibility index (Phi) is 14.8. The van der Waals surface area contributed by atoms with Gasteiger partial charge < -0.3 is 19.7 Å². The molecule has 1 fully saturated rings. The van der Waals surface area contributed by atoms with Gasteiger partial charge in [0.05, 0.1) is 26.4 Å². The van der Waals surface area contributed by atoms with Crippen molar-refractivity contribution in [1.82, 2.24) is 10.2 Å². The molecule has 0 atom stereocenters. The average molecular weight is 413 g/mol. The fourth-order valence-electron chi connectivity index (χ4n) is 2.14. The first-order valence-electron chi connectivity index (χ1n) is 8.07. The Morgan fingerprint density at radius 1 is 1.05 bits per heavy atom. The summed E-state index contributed by atoms with van der Waals surface area (Å²) in [4.78, 5) is 6.94. The molecule has 0 aromatic heterocycles. The molecule has 1 N–H and O–H groups in total. The van der Waals surface area contributed by atoms with E-state index in [0.717, 1.165) is 38.6 Å². The lowest BCUT2D eigenvalue weighted by Crippen LogP contribution is -2.39. The maximum absolute atomic E-state index is 5.53. The van der Waals surface area contributed by atoms with Crippen molar-refractivity contribution in [2.24, 2.45) is 4.99 Å². The van der Waals surface area contributed by atoms with E-state index in [1.54, 1.807) is 0 Å². The number of hydrogen-bond donors (Lipinski definition) is 1. The fraction of sp³-hybridized carbons (Fsp3) is 0.933. The largest absolute Gasteiger partial charge is 0.379 e. The van der Waals surface area contributed by atoms with E-state index in [4.69, 9.17) is 9.47 Å². The minimum Gasteiger partial charge on any atom is -0.379 e. The molecule has 1 rings (SSSR count). The molecule has 1 heterocycles. The summed E-state index contributed by atoms with van der Waals surface area (Å²) in [6, 6.07) is 0. The van der Waals surface area contributed by atoms with Crippen LogP contribution in [-0.4, -0.2) is 63.5 Å². The lowest BCUT2D eigenvalue weighted by atomic mass is 10.4. The zero-order chi connectivity index (χ0) is 14.5. The monoisotopic (exact) mass is 413 g/mol. The van der Waals surface area contributed by atoms with E-state index in [-0.39, 0.29) is 24.0 Å². The third-order valence-corrected chi connectivity index (χ3v) is 3.25. The third kappa shape index (κ3) is 10.3. The van der Waals surface area contributed by atoms with Gasteiger partial charge in [-0.3, -0.25) is 4.99 Å². The molecular weight excluding hydrogens is 381 g/mol. The quantitative estimate of drug-likeness (QED) is 0.259. The van der Waals surface area contributed by atoms with Crippen molar-refractivity contribution >= 4 is 29.9 Å². The summed E-state index contributed by atoms with van der Waals surface area (Å²) < 4.78 is 11.0. The topological polar surface area (TPSA) is 46.1 Å². The highest BCUT2D eigenvalue weighted by molar-refractivity contribution is 14.0. The van der Waals surface area contributed by atoms with E-state index < -0.39 is 0 Å². The van der Waals surface area contributed by atoms with Crippen molar-refractivity contribution in [2.75, 3.05) is 52.6 Å². The molecule has 0 aromatic rings. The van der Waals surface area contributed by atoms with Gasteiger partial charge >= 0.3 is 0 Å². The van der Waals surface area contributed by atoms with Gasteiger partial charge in [0.15, 0.2) is 5.96 Å². The summed E-state index contributed by atoms with van der Waals surface area (Å²) in [5.41, 5.74) is 0. The van der Waals surface area contributed by atoms with Gasteiger partial charge in [-0.15, -0.1) is 24.0 Å². The molecule has 0 aromatic carbocycles. The Balaban J connectivity index is 0.00000400. The Morgan fingerprint density at radius 2 is 1.71 bits per heavy atom. The average Bonchev–Trinajstić information content (AvgIpc) is 2.98. The van der Waals surface area contributed by atoms with Crippen LogP contribution >= 0.6 is 24.0 Å². The molecule has 0 radical (unpaired) electrons. The summed E-state index contributed by atoms with van der Waals surface area (Å²) in [6.45, 7) is 11.0. The maximum atomic E-state index is 5.53. The van der Waals surface area contributed by atoms with E-state index in [9.17, 15) is 0 Å². The Hall–Kier alpha value is -0.0800. The summed E-state index contributed by atoms with van der Waals surface area (Å²) in [6.07, 6.45) is 4.86. The Bertz CT molecular complexity index is 259. The van der Waals surface area contributed by atoms with E-state index in [0.29, 0.717) is 26.4 Å². The molecule has 0 amide bonds. The number of nitrogens with zero attached hydrogens (tertiary/aromatic N) is 2. The molecule has 1 aliphatic rings. The zero-order valence-corrected chi connectivity index (χ0v) is 15.9. The van der Waals surface area contributed by atoms with Crippen molar-refractivity contribution in [3.8, 4) is 0 Å². The second-order valence-corrected chi connectivity index (χ2v) is 5.01. The molecule has 0 aliphatic carbocycles. The SMILES string of the molecule is CCCCOCCOCCN=C(NCC)N1CCCC1.I. The minimum absolute atomic E-state index is 0. The standard InChI is InChI=1S/C15H31N3O2.HI/c1-3-5-11-19-13-14-20-12-8-17-15(16-4-2)18-9-6-7-10-18;/h3-14H2,1-2H3,(H,16,17);1H. The van der Waals surface area contributed by atoms with Gasteiger partial charge in [-0.25, -0.2) is 0 Å². The van der Waals surface area contributed by atoms with Crippen LogP contribution in [0.4, 0.5) is 0 Å². The molecule has 0 spiro atoms. The first-order valence-corrected chi connectivity index (χ1v) is 8.07. The molecule has 6 heteroatoms. The van der Waals surface area contributed by atoms with Crippen LogP contribution in [-0.2, 0) is 9.47 Å². The normalized spacial score (nSPS) is 15.1. The van der Waals surface area contributed by atoms with Gasteiger partial charge in [0.2, 0.25) is 0 Å². The summed E-state index contributed by atoms with van der Waals surface area (Å²) in [7, 11) is 0. The summed E-state index contributed by atoms with van der Waals surface area (Å²) in [5, 5.41) is 3.35. The highest BCUT2D eigenvalue weighted by atomic mass is 127. The number of hydrogen-bond acceptors (Lipinski definition) is 3. The van der Waals surface area contributed by atoms with E-state index >= 15 is 0 Å². The second-order valence-electron chi connectivity index (χ2n) is 5.01. The molecule has 0 saturated carbocycles. The highest BCUT2D eigenvalue weighted by Crippen LogP contribution is 2.07. The number of rotatable bonds is 10. The van der Waals surface area contributed by atoms with Crippen molar-refractivity contribution in [3.63, 3.8) is 0 Å². The summed E-state index contributed by atoms with van der Waals surface area (Å²) in [5.74, 6) is 1.03. The second kappa shape index (κ2) is 14.8. The van der Waals surface area contributed by atoms with Crippen LogP contribution in [0.1, 0.15) is 39.5 Å². The van der Waals surface area contributed by atoms with Crippen LogP contribution < -0.4 is 5.32 Å². The van der Waals surface area contributed by atoms with Crippen LogP contribution in [0.25, 0.3) is 0 Å². The molecule has 5 nitrogen and oxygen atoms in total. The first kappa shape index (κ1) is 20.9. The van der Waals surface area contributed by atoms with Gasteiger partial charge in [-0.1, -0.05) is 13.3 Å². The van der Waals surface area contributed by atoms with Gasteiger partial charge in [0, 0.05) is 26.2 Å². The number of nitrogens with one attached hydrogen (secondary N) is 1. The number of unbranched alkanes of at least 4 members (excludes halogenated alkanes) is 1. The van der Waals surface area contributed by atoms with Gasteiger partial charge in [-0.2, -0.15) is 0 Å². The van der Waals surface area contributed by atoms with Crippen molar-refractivity contribution in [3.05, 3.63) is 0 Å². The number of aliphatic imine (C=N–C) groups is 1. The molecule has 126 valence electrons. The molecular formula is C15H32IN3O2. The minimum atomic E-state index is 0. The Morgan fingerprint density at radius 3 is 2.33 bits per heavy atom. The van der Waals surface area contributed by atoms with Crippen LogP contribution in [0.15, 0.2) is 4.99 Å². The molecule has 1 aliphatic heterocycles. The lowest BCUT2D eigenvalue weighted by Gasteiger charge is -2.20. The molecule has 1 saturated heterocycles. The number of ether oxygens (including phenoxy) is 2. The Labute approximate surface area is 146 Å². The van der Waals surface area contributed by atoms with Crippen molar-refractivity contribution in [2.45, 2.75) is 39.5 Å². The van der Waals surface area contributed by atoms with Crippen LogP contribution in [0.5, 0.6) is 0 Å². The fourth-order valence-corrected chi connectivity index (χ4v) is 2.14. The van der Waals surface area contributed by atoms with E-state index in [1.807, 2.05) is 0 Å². The van der Waals surface area contributed by atoms with Crippen molar-refractivity contribution in [1.29, 1.82) is 0 Å². The lowest BCUT2D eigenvalue weighted by molar-refractivity contribution is 0.0497. The molecule has 21 heavy (non-hydrogen) atoms. The predicted molar refractivity (Wildman–Crippen MR) is 98.7 cm³/mol. The van der Waals surface area contributed by atoms with E-state index in [2.05, 4.69) is 29.1 Å². The predicted octanol–water partition coefficient (Wildman–Crippen LogP) is 2.50. The van der Waals surface area contributed by atoms with Crippen molar-refractivity contribution < 1.29 is 9.47 Å². The number of halogens is 1. The van der Waals surface area contributed by atoms with Gasteiger partial charge in [-0.05, 0) is 26.2 Å². The first-order chi connectivity index (χ1) is 9.88. The van der Waals surface area contributed by atoms with Crippen LogP contribution in [0.3, 0.4) is 0 Å². The third-order valence-electron chi connectivity index (χ3n) is 3.25. The van der Waals surface area contributed by atoms with Gasteiger partial charge in [0.25, 0.3) is 0 Å². The summed E-state index contributed by atoms with van der Waals surface area (Å²) >= 11 is 0. The smallest absolute Gasteiger partial charge is 0.193 e. The van der Waals surface area contributed by atoms with Crippen LogP contribution in [0, 0.1) is 0 Å².